The largest absolute Gasteiger partial charge is 0.389 e. The molecular formula is C14H14N2O3. The molecule has 2 rings (SSSR count). The summed E-state index contributed by atoms with van der Waals surface area (Å²) in [5.41, 5.74) is 0.673. The zero-order valence-electron chi connectivity index (χ0n) is 10.4. The van der Waals surface area contributed by atoms with Gasteiger partial charge in [-0.05, 0) is 25.1 Å². The fraction of sp³-hybridized carbons (Fsp3) is 0.143. The summed E-state index contributed by atoms with van der Waals surface area (Å²) in [5.74, 6) is -0.505. The van der Waals surface area contributed by atoms with Crippen molar-refractivity contribution in [3.63, 3.8) is 0 Å². The van der Waals surface area contributed by atoms with E-state index in [0.717, 1.165) is 0 Å². The summed E-state index contributed by atoms with van der Waals surface area (Å²) in [5, 5.41) is 12.3. The van der Waals surface area contributed by atoms with Gasteiger partial charge in [-0.2, -0.15) is 0 Å². The van der Waals surface area contributed by atoms with E-state index in [-0.39, 0.29) is 5.56 Å². The van der Waals surface area contributed by atoms with Gasteiger partial charge in [0.25, 0.3) is 11.5 Å². The number of carbonyl (C=O) groups is 1. The Labute approximate surface area is 109 Å². The first-order valence-electron chi connectivity index (χ1n) is 5.85. The van der Waals surface area contributed by atoms with E-state index in [0.29, 0.717) is 11.3 Å². The minimum absolute atomic E-state index is 0.0305. The van der Waals surface area contributed by atoms with E-state index in [1.54, 1.807) is 37.3 Å². The highest BCUT2D eigenvalue weighted by Gasteiger charge is 2.13. The van der Waals surface area contributed by atoms with Gasteiger partial charge in [0.1, 0.15) is 5.56 Å². The number of hydrogen-bond acceptors (Lipinski definition) is 3. The van der Waals surface area contributed by atoms with E-state index in [9.17, 15) is 14.7 Å². The molecule has 1 amide bonds. The molecule has 98 valence electrons. The second-order valence-corrected chi connectivity index (χ2v) is 4.13. The van der Waals surface area contributed by atoms with Gasteiger partial charge in [-0.1, -0.05) is 18.2 Å². The predicted octanol–water partition coefficient (Wildman–Crippen LogP) is 1.68. The van der Waals surface area contributed by atoms with Gasteiger partial charge >= 0.3 is 0 Å². The van der Waals surface area contributed by atoms with Crippen LogP contribution in [0.25, 0.3) is 0 Å². The van der Waals surface area contributed by atoms with E-state index in [4.69, 9.17) is 0 Å². The number of anilines is 1. The summed E-state index contributed by atoms with van der Waals surface area (Å²) in [6, 6.07) is 9.94. The summed E-state index contributed by atoms with van der Waals surface area (Å²) in [6.45, 7) is 1.61. The first kappa shape index (κ1) is 13.0. The number of nitrogens with one attached hydrogen (secondary N) is 2. The number of pyridine rings is 1. The smallest absolute Gasteiger partial charge is 0.261 e. The van der Waals surface area contributed by atoms with Crippen molar-refractivity contribution in [3.8, 4) is 0 Å². The lowest BCUT2D eigenvalue weighted by molar-refractivity contribution is 0.102. The highest BCUT2D eigenvalue weighted by molar-refractivity contribution is 6.04. The number of hydrogen-bond donors (Lipinski definition) is 3. The van der Waals surface area contributed by atoms with Crippen LogP contribution in [-0.2, 0) is 0 Å². The van der Waals surface area contributed by atoms with Crippen LogP contribution in [0.15, 0.2) is 47.4 Å². The van der Waals surface area contributed by atoms with Crippen LogP contribution in [0.5, 0.6) is 0 Å². The molecule has 19 heavy (non-hydrogen) atoms. The molecule has 0 bridgehead atoms. The summed E-state index contributed by atoms with van der Waals surface area (Å²) in [7, 11) is 0. The highest BCUT2D eigenvalue weighted by Crippen LogP contribution is 2.22. The maximum Gasteiger partial charge on any atom is 0.261 e. The lowest BCUT2D eigenvalue weighted by atomic mass is 10.1. The van der Waals surface area contributed by atoms with Crippen molar-refractivity contribution in [2.24, 2.45) is 0 Å². The Kier molecular flexibility index (Phi) is 3.77. The minimum Gasteiger partial charge on any atom is -0.389 e. The second-order valence-electron chi connectivity index (χ2n) is 4.13. The number of para-hydroxylation sites is 1. The molecule has 0 saturated heterocycles. The molecule has 1 heterocycles. The molecule has 2 aromatic rings. The van der Waals surface area contributed by atoms with Gasteiger partial charge in [0.15, 0.2) is 0 Å². The molecule has 0 aliphatic heterocycles. The third-order valence-electron chi connectivity index (χ3n) is 2.72. The SMILES string of the molecule is CC(O)c1ccccc1NC(=O)c1ccc[nH]c1=O. The Bertz CT molecular complexity index is 647. The molecule has 0 spiro atoms. The number of aliphatic hydroxyl groups is 1. The third-order valence-corrected chi connectivity index (χ3v) is 2.72. The van der Waals surface area contributed by atoms with E-state index in [1.165, 1.54) is 12.3 Å². The van der Waals surface area contributed by atoms with Crippen molar-refractivity contribution in [2.45, 2.75) is 13.0 Å². The van der Waals surface area contributed by atoms with Gasteiger partial charge in [0.05, 0.1) is 6.10 Å². The molecule has 5 heteroatoms. The monoisotopic (exact) mass is 258 g/mol. The number of rotatable bonds is 3. The normalized spacial score (nSPS) is 11.9. The maximum absolute atomic E-state index is 12.0. The highest BCUT2D eigenvalue weighted by atomic mass is 16.3. The molecule has 1 unspecified atom stereocenters. The minimum atomic E-state index is -0.703. The van der Waals surface area contributed by atoms with Crippen molar-refractivity contribution < 1.29 is 9.90 Å². The Hall–Kier alpha value is -2.40. The number of H-pyrrole nitrogens is 1. The molecule has 0 radical (unpaired) electrons. The maximum atomic E-state index is 12.0. The number of aliphatic hydroxyl groups excluding tert-OH is 1. The average molecular weight is 258 g/mol. The van der Waals surface area contributed by atoms with Crippen LogP contribution >= 0.6 is 0 Å². The third kappa shape index (κ3) is 2.89. The van der Waals surface area contributed by atoms with Crippen LogP contribution in [0, 0.1) is 0 Å². The number of aromatic amines is 1. The number of benzene rings is 1. The molecule has 1 aromatic carbocycles. The molecule has 3 N–H and O–H groups in total. The lowest BCUT2D eigenvalue weighted by Crippen LogP contribution is -2.23. The summed E-state index contributed by atoms with van der Waals surface area (Å²) >= 11 is 0. The zero-order valence-corrected chi connectivity index (χ0v) is 10.4. The summed E-state index contributed by atoms with van der Waals surface area (Å²) in [6.07, 6.45) is 0.758. The van der Waals surface area contributed by atoms with Gasteiger partial charge in [-0.25, -0.2) is 0 Å². The second kappa shape index (κ2) is 5.49. The Morgan fingerprint density at radius 3 is 2.68 bits per heavy atom. The van der Waals surface area contributed by atoms with E-state index in [2.05, 4.69) is 10.3 Å². The van der Waals surface area contributed by atoms with Crippen LogP contribution in [0.4, 0.5) is 5.69 Å². The fourth-order valence-electron chi connectivity index (χ4n) is 1.77. The predicted molar refractivity (Wildman–Crippen MR) is 72.1 cm³/mol. The Balaban J connectivity index is 2.30. The van der Waals surface area contributed by atoms with Crippen molar-refractivity contribution in [2.75, 3.05) is 5.32 Å². The summed E-state index contributed by atoms with van der Waals surface area (Å²) < 4.78 is 0. The number of carbonyl (C=O) groups excluding carboxylic acids is 1. The standard InChI is InChI=1S/C14H14N2O3/c1-9(17)10-5-2-3-7-12(10)16-14(19)11-6-4-8-15-13(11)18/h2-9,17H,1H3,(H,15,18)(H,16,19). The van der Waals surface area contributed by atoms with Gasteiger partial charge in [-0.3, -0.25) is 9.59 Å². The van der Waals surface area contributed by atoms with Crippen LogP contribution in [0.2, 0.25) is 0 Å². The topological polar surface area (TPSA) is 82.2 Å². The van der Waals surface area contributed by atoms with Crippen LogP contribution in [-0.4, -0.2) is 16.0 Å². The van der Waals surface area contributed by atoms with Crippen LogP contribution in [0.3, 0.4) is 0 Å². The molecule has 0 aliphatic rings. The molecule has 0 saturated carbocycles. The molecule has 0 fully saturated rings. The van der Waals surface area contributed by atoms with Gasteiger partial charge < -0.3 is 15.4 Å². The van der Waals surface area contributed by atoms with Crippen molar-refractivity contribution in [3.05, 3.63) is 64.1 Å². The molecule has 5 nitrogen and oxygen atoms in total. The molecule has 1 atom stereocenters. The van der Waals surface area contributed by atoms with Gasteiger partial charge in [0, 0.05) is 17.4 Å². The molecule has 1 aromatic heterocycles. The Morgan fingerprint density at radius 2 is 2.00 bits per heavy atom. The first-order valence-corrected chi connectivity index (χ1v) is 5.85. The van der Waals surface area contributed by atoms with Crippen molar-refractivity contribution >= 4 is 11.6 Å². The van der Waals surface area contributed by atoms with Gasteiger partial charge in [0.2, 0.25) is 0 Å². The van der Waals surface area contributed by atoms with Crippen molar-refractivity contribution in [1.29, 1.82) is 0 Å². The number of aromatic nitrogens is 1. The number of amides is 1. The van der Waals surface area contributed by atoms with Crippen molar-refractivity contribution in [1.82, 2.24) is 4.98 Å². The fourth-order valence-corrected chi connectivity index (χ4v) is 1.77. The lowest BCUT2D eigenvalue weighted by Gasteiger charge is -2.12. The van der Waals surface area contributed by atoms with Gasteiger partial charge in [-0.15, -0.1) is 0 Å². The first-order chi connectivity index (χ1) is 9.09. The van der Waals surface area contributed by atoms with E-state index >= 15 is 0 Å². The summed E-state index contributed by atoms with van der Waals surface area (Å²) in [4.78, 5) is 25.9. The van der Waals surface area contributed by atoms with E-state index in [1.807, 2.05) is 0 Å². The molecular weight excluding hydrogens is 244 g/mol. The Morgan fingerprint density at radius 1 is 1.26 bits per heavy atom. The quantitative estimate of drug-likeness (QED) is 0.783. The van der Waals surface area contributed by atoms with E-state index < -0.39 is 17.6 Å². The average Bonchev–Trinajstić information content (AvgIpc) is 2.39. The van der Waals surface area contributed by atoms with Crippen LogP contribution < -0.4 is 10.9 Å². The van der Waals surface area contributed by atoms with Crippen LogP contribution in [0.1, 0.15) is 28.9 Å². The molecule has 0 aliphatic carbocycles. The zero-order chi connectivity index (χ0) is 13.8.